The molecule has 2 rings (SSSR count). The van der Waals surface area contributed by atoms with Crippen LogP contribution in [0.4, 0.5) is 0 Å². The third-order valence-electron chi connectivity index (χ3n) is 1.45. The minimum absolute atomic E-state index is 0.870. The van der Waals surface area contributed by atoms with Crippen LogP contribution in [0.3, 0.4) is 0 Å². The van der Waals surface area contributed by atoms with Gasteiger partial charge in [-0.1, -0.05) is 12.1 Å². The third-order valence-corrected chi connectivity index (χ3v) is 2.68. The first-order chi connectivity index (χ1) is 7.03. The molecule has 1 aromatic heterocycles. The van der Waals surface area contributed by atoms with E-state index < -0.39 is 10.4 Å². The van der Waals surface area contributed by atoms with Crippen molar-refractivity contribution in [2.24, 2.45) is 0 Å². The van der Waals surface area contributed by atoms with Gasteiger partial charge in [0.15, 0.2) is 0 Å². The lowest BCUT2D eigenvalue weighted by molar-refractivity contribution is 0.324. The lowest BCUT2D eigenvalue weighted by atomic mass is 10.3. The van der Waals surface area contributed by atoms with Gasteiger partial charge >= 0.3 is 10.4 Å². The molecule has 1 heterocycles. The number of thiazole rings is 1. The van der Waals surface area contributed by atoms with E-state index in [4.69, 9.17) is 4.55 Å². The van der Waals surface area contributed by atoms with Gasteiger partial charge < -0.3 is 0 Å². The highest BCUT2D eigenvalue weighted by molar-refractivity contribution is 7.80. The molecule has 0 radical (unpaired) electrons. The number of para-hydroxylation sites is 1. The number of hydrogen-bond acceptors (Lipinski definition) is 5. The summed E-state index contributed by atoms with van der Waals surface area (Å²) in [5.74, 6) is 0. The topological polar surface area (TPSA) is 76.5 Å². The van der Waals surface area contributed by atoms with Gasteiger partial charge in [0.05, 0.1) is 22.8 Å². The predicted octanol–water partition coefficient (Wildman–Crippen LogP) is 1.73. The standard InChI is InChI=1S/C7H5NS.CH4O4S/c1-2-4-7-6(3-1)8-5-9-7;1-5-6(2,3)4/h1-5H;1H3,(H,2,3,4). The molecule has 0 unspecified atom stereocenters. The Hall–Kier alpha value is -1.02. The Morgan fingerprint density at radius 2 is 2.00 bits per heavy atom. The smallest absolute Gasteiger partial charge is 0.264 e. The Balaban J connectivity index is 0.000000167. The minimum Gasteiger partial charge on any atom is -0.264 e. The van der Waals surface area contributed by atoms with E-state index in [0.717, 1.165) is 12.6 Å². The number of benzene rings is 1. The SMILES string of the molecule is COS(=O)(=O)O.c1ccc2scnc2c1. The minimum atomic E-state index is -4.16. The average Bonchev–Trinajstić information content (AvgIpc) is 2.65. The lowest BCUT2D eigenvalue weighted by Crippen LogP contribution is -1.96. The fourth-order valence-electron chi connectivity index (χ4n) is 0.803. The summed E-state index contributed by atoms with van der Waals surface area (Å²) < 4.78 is 31.0. The zero-order valence-electron chi connectivity index (χ0n) is 7.82. The molecule has 1 aromatic carbocycles. The predicted molar refractivity (Wildman–Crippen MR) is 58.2 cm³/mol. The van der Waals surface area contributed by atoms with Gasteiger partial charge in [0.1, 0.15) is 0 Å². The first kappa shape index (κ1) is 12.1. The van der Waals surface area contributed by atoms with Crippen molar-refractivity contribution in [2.45, 2.75) is 0 Å². The van der Waals surface area contributed by atoms with Crippen LogP contribution in [0, 0.1) is 0 Å². The van der Waals surface area contributed by atoms with Crippen molar-refractivity contribution in [2.75, 3.05) is 7.11 Å². The molecule has 2 aromatic rings. The second kappa shape index (κ2) is 5.17. The Labute approximate surface area is 91.3 Å². The molecule has 0 aliphatic carbocycles. The highest BCUT2D eigenvalue weighted by Crippen LogP contribution is 2.15. The monoisotopic (exact) mass is 247 g/mol. The molecular weight excluding hydrogens is 238 g/mol. The van der Waals surface area contributed by atoms with E-state index in [0.29, 0.717) is 0 Å². The van der Waals surface area contributed by atoms with Crippen LogP contribution in [0.25, 0.3) is 10.2 Å². The normalized spacial score (nSPS) is 10.8. The summed E-state index contributed by atoms with van der Waals surface area (Å²) in [6.07, 6.45) is 0. The highest BCUT2D eigenvalue weighted by atomic mass is 32.3. The van der Waals surface area contributed by atoms with E-state index in [1.165, 1.54) is 4.70 Å². The Kier molecular flexibility index (Phi) is 4.15. The Morgan fingerprint density at radius 3 is 2.53 bits per heavy atom. The third kappa shape index (κ3) is 4.34. The zero-order valence-corrected chi connectivity index (χ0v) is 9.46. The summed E-state index contributed by atoms with van der Waals surface area (Å²) in [5, 5.41) is 0. The van der Waals surface area contributed by atoms with Gasteiger partial charge in [0, 0.05) is 0 Å². The number of aromatic nitrogens is 1. The fourth-order valence-corrected chi connectivity index (χ4v) is 1.48. The van der Waals surface area contributed by atoms with E-state index >= 15 is 0 Å². The molecule has 15 heavy (non-hydrogen) atoms. The molecule has 5 nitrogen and oxygen atoms in total. The largest absolute Gasteiger partial charge is 0.397 e. The maximum atomic E-state index is 9.33. The molecule has 82 valence electrons. The molecule has 1 N–H and O–H groups in total. The van der Waals surface area contributed by atoms with Crippen LogP contribution in [0.5, 0.6) is 0 Å². The molecule has 0 spiro atoms. The molecule has 7 heteroatoms. The summed E-state index contributed by atoms with van der Waals surface area (Å²) >= 11 is 1.68. The van der Waals surface area contributed by atoms with Crippen LogP contribution >= 0.6 is 11.3 Å². The molecule has 0 saturated heterocycles. The summed E-state index contributed by atoms with van der Waals surface area (Å²) in [4.78, 5) is 4.14. The summed E-state index contributed by atoms with van der Waals surface area (Å²) in [7, 11) is -3.29. The van der Waals surface area contributed by atoms with E-state index in [1.807, 2.05) is 23.7 Å². The van der Waals surface area contributed by atoms with Gasteiger partial charge in [0.25, 0.3) is 0 Å². The number of rotatable bonds is 1. The van der Waals surface area contributed by atoms with Gasteiger partial charge in [-0.2, -0.15) is 8.42 Å². The van der Waals surface area contributed by atoms with Crippen molar-refractivity contribution in [1.82, 2.24) is 4.98 Å². The summed E-state index contributed by atoms with van der Waals surface area (Å²) in [6.45, 7) is 0. The van der Waals surface area contributed by atoms with E-state index in [2.05, 4.69) is 15.2 Å². The second-order valence-corrected chi connectivity index (χ2v) is 4.49. The van der Waals surface area contributed by atoms with Crippen LogP contribution in [0.15, 0.2) is 29.8 Å². The van der Waals surface area contributed by atoms with Gasteiger partial charge in [-0.25, -0.2) is 4.98 Å². The average molecular weight is 247 g/mol. The van der Waals surface area contributed by atoms with Gasteiger partial charge in [-0.15, -0.1) is 11.3 Å². The Morgan fingerprint density at radius 1 is 1.40 bits per heavy atom. The zero-order chi connectivity index (χ0) is 11.3. The van der Waals surface area contributed by atoms with E-state index in [1.54, 1.807) is 11.3 Å². The second-order valence-electron chi connectivity index (χ2n) is 2.41. The van der Waals surface area contributed by atoms with Gasteiger partial charge in [0.2, 0.25) is 0 Å². The molecule has 0 amide bonds. The molecule has 0 fully saturated rings. The summed E-state index contributed by atoms with van der Waals surface area (Å²) in [5.41, 5.74) is 2.97. The maximum absolute atomic E-state index is 9.33. The van der Waals surface area contributed by atoms with Crippen LogP contribution < -0.4 is 0 Å². The quantitative estimate of drug-likeness (QED) is 0.777. The molecule has 0 aliphatic heterocycles. The van der Waals surface area contributed by atoms with Crippen molar-refractivity contribution in [3.8, 4) is 0 Å². The van der Waals surface area contributed by atoms with Crippen molar-refractivity contribution < 1.29 is 17.2 Å². The van der Waals surface area contributed by atoms with Gasteiger partial charge in [-0.05, 0) is 12.1 Å². The van der Waals surface area contributed by atoms with Crippen molar-refractivity contribution in [3.05, 3.63) is 29.8 Å². The molecular formula is C8H9NO4S2. The summed E-state index contributed by atoms with van der Waals surface area (Å²) in [6, 6.07) is 8.13. The first-order valence-corrected chi connectivity index (χ1v) is 6.08. The fraction of sp³-hybridized carbons (Fsp3) is 0.125. The van der Waals surface area contributed by atoms with Crippen LogP contribution in [-0.4, -0.2) is 25.1 Å². The maximum Gasteiger partial charge on any atom is 0.397 e. The molecule has 0 atom stereocenters. The van der Waals surface area contributed by atoms with Crippen molar-refractivity contribution in [1.29, 1.82) is 0 Å². The van der Waals surface area contributed by atoms with E-state index in [-0.39, 0.29) is 0 Å². The number of nitrogens with zero attached hydrogens (tertiary/aromatic N) is 1. The number of fused-ring (bicyclic) bond motifs is 1. The van der Waals surface area contributed by atoms with E-state index in [9.17, 15) is 8.42 Å². The van der Waals surface area contributed by atoms with Gasteiger partial charge in [-0.3, -0.25) is 8.74 Å². The lowest BCUT2D eigenvalue weighted by Gasteiger charge is -1.82. The van der Waals surface area contributed by atoms with Crippen molar-refractivity contribution >= 4 is 32.0 Å². The highest BCUT2D eigenvalue weighted by Gasteiger charge is 1.94. The molecule has 0 bridgehead atoms. The molecule has 0 saturated carbocycles. The van der Waals surface area contributed by atoms with Crippen LogP contribution in [0.2, 0.25) is 0 Å². The number of hydrogen-bond donors (Lipinski definition) is 1. The molecule has 0 aliphatic rings. The van der Waals surface area contributed by atoms with Crippen LogP contribution in [0.1, 0.15) is 0 Å². The van der Waals surface area contributed by atoms with Crippen LogP contribution in [-0.2, 0) is 14.6 Å². The Bertz CT molecular complexity index is 490. The van der Waals surface area contributed by atoms with Crippen molar-refractivity contribution in [3.63, 3.8) is 0 Å². The first-order valence-electron chi connectivity index (χ1n) is 3.84.